The molecule has 1 saturated heterocycles. The van der Waals surface area contributed by atoms with E-state index in [1.54, 1.807) is 19.1 Å². The molecule has 3 unspecified atom stereocenters. The first kappa shape index (κ1) is 48.5. The van der Waals surface area contributed by atoms with Crippen molar-refractivity contribution in [1.82, 2.24) is 31.5 Å². The van der Waals surface area contributed by atoms with Gasteiger partial charge >= 0.3 is 12.1 Å². The summed E-state index contributed by atoms with van der Waals surface area (Å²) in [5.41, 5.74) is 3.58. The fourth-order valence-electron chi connectivity index (χ4n) is 7.72. The summed E-state index contributed by atoms with van der Waals surface area (Å²) in [7, 11) is 0. The third-order valence-corrected chi connectivity index (χ3v) is 10.8. The zero-order chi connectivity index (χ0) is 45.7. The average molecular weight is 872 g/mol. The average Bonchev–Trinajstić information content (AvgIpc) is 3.67. The normalized spacial score (nSPS) is 19.0. The molecule has 20 heteroatoms. The van der Waals surface area contributed by atoms with Gasteiger partial charge in [-0.1, -0.05) is 64.7 Å². The number of amides is 7. The molecule has 0 aromatic heterocycles. The summed E-state index contributed by atoms with van der Waals surface area (Å²) in [6.45, 7) is 4.34. The van der Waals surface area contributed by atoms with E-state index in [2.05, 4.69) is 26.6 Å². The molecule has 0 radical (unpaired) electrons. The van der Waals surface area contributed by atoms with Gasteiger partial charge in [0.15, 0.2) is 0 Å². The fourth-order valence-corrected chi connectivity index (χ4v) is 7.72. The molecule has 2 fully saturated rings. The Hall–Kier alpha value is -6.21. The molecule has 338 valence electrons. The van der Waals surface area contributed by atoms with E-state index in [1.807, 2.05) is 19.9 Å². The number of ketones is 1. The molecule has 5 atom stereocenters. The molecule has 3 aliphatic rings. The third kappa shape index (κ3) is 12.9. The number of nitrogens with zero attached hydrogens (tertiary/aromatic N) is 1. The van der Waals surface area contributed by atoms with Crippen LogP contribution in [0.25, 0.3) is 0 Å². The van der Waals surface area contributed by atoms with Gasteiger partial charge in [-0.25, -0.2) is 18.4 Å². The smallest absolute Gasteiger partial charge is 0.407 e. The summed E-state index contributed by atoms with van der Waals surface area (Å²) in [6, 6.07) is -5.29. The maximum atomic E-state index is 15.0. The molecule has 8 N–H and O–H groups in total. The number of nitrogens with one attached hydrogen (secondary N) is 5. The number of hydrogen-bond donors (Lipinski definition) is 7. The maximum Gasteiger partial charge on any atom is 0.407 e. The molecular formula is C42H55F2N7O11. The molecule has 1 aromatic carbocycles. The quantitative estimate of drug-likeness (QED) is 0.0987. The van der Waals surface area contributed by atoms with Crippen molar-refractivity contribution in [3.63, 3.8) is 0 Å². The highest BCUT2D eigenvalue weighted by atomic mass is 19.1. The molecule has 1 aliphatic heterocycles. The predicted molar refractivity (Wildman–Crippen MR) is 217 cm³/mol. The van der Waals surface area contributed by atoms with Crippen LogP contribution >= 0.6 is 0 Å². The number of halogens is 2. The standard InChI is InChI=1S/C42H55F2N7O11/c1-4-11-28(35(53)39(57)46-19-30(52)49-33(36(45)54)23-12-7-5-8-13-23)48-37(55)29-18-25(47-42(61)62-21-22(2)3)20-51(29)40(58)34(24-14-9-6-10-15-24)50-38(56)31-26(43)16-17-27(44)32(31)41(59)60/h7,12-13,16-17,22,24-25,28-29,33-34H,4-6,8-11,14-15,18-21H2,1-3H3,(H2,45,54)(H,46,57)(H,47,61)(H,48,55)(H,49,52)(H,50,56)(H,59,60)/t25?,28?,29-,33-,34?/m0/s1. The topological polar surface area (TPSA) is 272 Å². The summed E-state index contributed by atoms with van der Waals surface area (Å²) in [4.78, 5) is 120. The number of hydrogen-bond acceptors (Lipinski definition) is 10. The summed E-state index contributed by atoms with van der Waals surface area (Å²) < 4.78 is 34.9. The molecule has 0 bridgehead atoms. The molecule has 18 nitrogen and oxygen atoms in total. The Morgan fingerprint density at radius 1 is 0.935 bits per heavy atom. The van der Waals surface area contributed by atoms with Gasteiger partial charge in [0.25, 0.3) is 11.8 Å². The third-order valence-electron chi connectivity index (χ3n) is 10.8. The van der Waals surface area contributed by atoms with Crippen LogP contribution in [0.4, 0.5) is 13.6 Å². The number of ether oxygens (including phenoxy) is 1. The number of allylic oxidation sites excluding steroid dienone is 2. The number of alkyl carbamates (subject to hydrolysis) is 1. The SMILES string of the molecule is CCCC(NC(=O)[C@@H]1CC(NC(=O)OCC(C)C)CN1C(=O)C(NC(=O)c1c(F)ccc(F)c1C(=O)O)C1CCCCC1)C(=O)C(=O)NCC(=O)N[C@H](C(N)=O)C1=CCCC=C1. The van der Waals surface area contributed by atoms with Crippen LogP contribution in [0.3, 0.4) is 0 Å². The minimum atomic E-state index is -1.92. The maximum absolute atomic E-state index is 15.0. The number of carbonyl (C=O) groups excluding carboxylic acids is 8. The summed E-state index contributed by atoms with van der Waals surface area (Å²) in [5, 5.41) is 21.8. The zero-order valence-electron chi connectivity index (χ0n) is 34.9. The van der Waals surface area contributed by atoms with Gasteiger partial charge in [-0.3, -0.25) is 33.6 Å². The first-order valence-electron chi connectivity index (χ1n) is 20.8. The van der Waals surface area contributed by atoms with Crippen molar-refractivity contribution in [2.45, 2.75) is 115 Å². The number of carboxylic acids is 1. The van der Waals surface area contributed by atoms with Crippen LogP contribution in [-0.2, 0) is 33.5 Å². The molecular weight excluding hydrogens is 816 g/mol. The van der Waals surface area contributed by atoms with Crippen LogP contribution < -0.4 is 32.3 Å². The van der Waals surface area contributed by atoms with Crippen molar-refractivity contribution in [3.8, 4) is 0 Å². The van der Waals surface area contributed by atoms with Gasteiger partial charge in [-0.2, -0.15) is 0 Å². The lowest BCUT2D eigenvalue weighted by Crippen LogP contribution is -2.58. The second-order valence-electron chi connectivity index (χ2n) is 16.0. The highest BCUT2D eigenvalue weighted by molar-refractivity contribution is 6.38. The lowest BCUT2D eigenvalue weighted by atomic mass is 9.83. The number of rotatable bonds is 19. The number of carbonyl (C=O) groups is 9. The highest BCUT2D eigenvalue weighted by Gasteiger charge is 2.46. The number of carboxylic acid groups (broad SMARTS) is 1. The van der Waals surface area contributed by atoms with Crippen LogP contribution in [0.1, 0.15) is 106 Å². The Kier molecular flexibility index (Phi) is 17.6. The summed E-state index contributed by atoms with van der Waals surface area (Å²) in [5.74, 6) is -12.4. The molecule has 1 aromatic rings. The Labute approximate surface area is 357 Å². The van der Waals surface area contributed by atoms with Crippen LogP contribution in [-0.4, -0.2) is 113 Å². The van der Waals surface area contributed by atoms with Gasteiger partial charge in [-0.15, -0.1) is 0 Å². The van der Waals surface area contributed by atoms with E-state index in [1.165, 1.54) is 0 Å². The van der Waals surface area contributed by atoms with Crippen molar-refractivity contribution >= 4 is 53.3 Å². The number of Topliss-reactive ketones (excluding diaryl/α,β-unsaturated/α-hetero) is 1. The van der Waals surface area contributed by atoms with Gasteiger partial charge in [0.05, 0.1) is 30.8 Å². The first-order chi connectivity index (χ1) is 29.4. The van der Waals surface area contributed by atoms with Crippen LogP contribution in [0, 0.1) is 23.5 Å². The number of likely N-dealkylation sites (tertiary alicyclic amines) is 1. The van der Waals surface area contributed by atoms with E-state index in [9.17, 15) is 52.6 Å². The molecule has 1 heterocycles. The lowest BCUT2D eigenvalue weighted by molar-refractivity contribution is -0.143. The summed E-state index contributed by atoms with van der Waals surface area (Å²) in [6.07, 6.45) is 8.63. The second kappa shape index (κ2) is 22.6. The molecule has 2 aliphatic carbocycles. The van der Waals surface area contributed by atoms with E-state index in [0.717, 1.165) is 17.7 Å². The van der Waals surface area contributed by atoms with E-state index in [4.69, 9.17) is 10.5 Å². The van der Waals surface area contributed by atoms with E-state index < -0.39 is 119 Å². The Balaban J connectivity index is 1.57. The van der Waals surface area contributed by atoms with Crippen LogP contribution in [0.15, 0.2) is 35.9 Å². The lowest BCUT2D eigenvalue weighted by Gasteiger charge is -2.35. The van der Waals surface area contributed by atoms with Crippen molar-refractivity contribution in [3.05, 3.63) is 58.7 Å². The first-order valence-corrected chi connectivity index (χ1v) is 20.8. The number of nitrogens with two attached hydrogens (primary N) is 1. The highest BCUT2D eigenvalue weighted by Crippen LogP contribution is 2.30. The minimum absolute atomic E-state index is 0.0198. The molecule has 4 rings (SSSR count). The van der Waals surface area contributed by atoms with E-state index in [-0.39, 0.29) is 38.3 Å². The molecule has 0 spiro atoms. The monoisotopic (exact) mass is 871 g/mol. The van der Waals surface area contributed by atoms with Crippen molar-refractivity contribution in [1.29, 1.82) is 0 Å². The number of aromatic carboxylic acids is 1. The fraction of sp³-hybridized carbons (Fsp3) is 0.548. The molecule has 62 heavy (non-hydrogen) atoms. The Bertz CT molecular complexity index is 1970. The minimum Gasteiger partial charge on any atom is -0.478 e. The number of benzene rings is 1. The van der Waals surface area contributed by atoms with E-state index in [0.29, 0.717) is 49.8 Å². The number of primary amides is 1. The van der Waals surface area contributed by atoms with Gasteiger partial charge in [0.2, 0.25) is 29.4 Å². The predicted octanol–water partition coefficient (Wildman–Crippen LogP) is 1.91. The Morgan fingerprint density at radius 3 is 2.21 bits per heavy atom. The summed E-state index contributed by atoms with van der Waals surface area (Å²) >= 11 is 0. The van der Waals surface area contributed by atoms with Gasteiger partial charge in [0.1, 0.15) is 35.3 Å². The zero-order valence-corrected chi connectivity index (χ0v) is 34.9. The van der Waals surface area contributed by atoms with E-state index >= 15 is 4.39 Å². The van der Waals surface area contributed by atoms with Gasteiger partial charge < -0.3 is 47.1 Å². The van der Waals surface area contributed by atoms with Crippen molar-refractivity contribution in [2.75, 3.05) is 19.7 Å². The molecule has 1 saturated carbocycles. The second-order valence-corrected chi connectivity index (χ2v) is 16.0. The van der Waals surface area contributed by atoms with Crippen molar-refractivity contribution in [2.24, 2.45) is 17.6 Å². The van der Waals surface area contributed by atoms with Crippen LogP contribution in [0.2, 0.25) is 0 Å². The van der Waals surface area contributed by atoms with Gasteiger partial charge in [0, 0.05) is 6.54 Å². The van der Waals surface area contributed by atoms with Gasteiger partial charge in [-0.05, 0) is 68.1 Å². The van der Waals surface area contributed by atoms with Crippen molar-refractivity contribution < 1.29 is 61.8 Å². The van der Waals surface area contributed by atoms with Crippen LogP contribution in [0.5, 0.6) is 0 Å². The molecule has 7 amide bonds. The Morgan fingerprint density at radius 2 is 1.61 bits per heavy atom. The largest absolute Gasteiger partial charge is 0.478 e.